The molecule has 0 saturated carbocycles. The van der Waals surface area contributed by atoms with E-state index in [1.54, 1.807) is 34.9 Å². The molecule has 0 bridgehead atoms. The van der Waals surface area contributed by atoms with Crippen molar-refractivity contribution >= 4 is 17.2 Å². The summed E-state index contributed by atoms with van der Waals surface area (Å²) in [4.78, 5) is 4.49. The summed E-state index contributed by atoms with van der Waals surface area (Å²) >= 11 is 5.96. The lowest BCUT2D eigenvalue weighted by Crippen LogP contribution is -1.98. The quantitative estimate of drug-likeness (QED) is 0.804. The van der Waals surface area contributed by atoms with E-state index in [2.05, 4.69) is 4.98 Å². The van der Waals surface area contributed by atoms with Gasteiger partial charge in [0.2, 0.25) is 0 Å². The van der Waals surface area contributed by atoms with Gasteiger partial charge in [0.25, 0.3) is 0 Å². The first-order valence-corrected chi connectivity index (χ1v) is 6.56. The fourth-order valence-corrected chi connectivity index (χ4v) is 2.38. The number of fused-ring (bicyclic) bond motifs is 1. The number of benzene rings is 1. The van der Waals surface area contributed by atoms with Crippen LogP contribution in [0.2, 0.25) is 5.02 Å². The highest BCUT2D eigenvalue weighted by molar-refractivity contribution is 6.30. The van der Waals surface area contributed by atoms with Crippen molar-refractivity contribution < 1.29 is 9.50 Å². The van der Waals surface area contributed by atoms with Gasteiger partial charge in [-0.1, -0.05) is 23.7 Å². The summed E-state index contributed by atoms with van der Waals surface area (Å²) in [6, 6.07) is 9.82. The Kier molecular flexibility index (Phi) is 3.42. The van der Waals surface area contributed by atoms with Crippen LogP contribution in [0.3, 0.4) is 0 Å². The van der Waals surface area contributed by atoms with Crippen molar-refractivity contribution in [2.24, 2.45) is 0 Å². The predicted octanol–water partition coefficient (Wildman–Crippen LogP) is 3.21. The van der Waals surface area contributed by atoms with E-state index >= 15 is 0 Å². The second-order valence-corrected chi connectivity index (χ2v) is 4.98. The SMILES string of the molecule is OCc1c(Cc2ccc(F)cc2)nc2ccc(Cl)cn12. The number of aliphatic hydroxyl groups is 1. The zero-order valence-corrected chi connectivity index (χ0v) is 11.3. The van der Waals surface area contributed by atoms with Gasteiger partial charge in [0.1, 0.15) is 11.5 Å². The maximum atomic E-state index is 12.9. The molecule has 0 spiro atoms. The molecule has 3 aromatic rings. The molecule has 0 fully saturated rings. The fraction of sp³-hybridized carbons (Fsp3) is 0.133. The Morgan fingerprint density at radius 3 is 2.60 bits per heavy atom. The highest BCUT2D eigenvalue weighted by Crippen LogP contribution is 2.19. The second kappa shape index (κ2) is 5.23. The monoisotopic (exact) mass is 290 g/mol. The van der Waals surface area contributed by atoms with Gasteiger partial charge in [-0.25, -0.2) is 9.37 Å². The van der Waals surface area contributed by atoms with Crippen LogP contribution in [0.25, 0.3) is 5.65 Å². The molecular formula is C15H12ClFN2O. The van der Waals surface area contributed by atoms with E-state index in [4.69, 9.17) is 11.6 Å². The molecule has 3 rings (SSSR count). The Morgan fingerprint density at radius 1 is 1.15 bits per heavy atom. The summed E-state index contributed by atoms with van der Waals surface area (Å²) in [5.41, 5.74) is 3.14. The van der Waals surface area contributed by atoms with Gasteiger partial charge >= 0.3 is 0 Å². The smallest absolute Gasteiger partial charge is 0.137 e. The van der Waals surface area contributed by atoms with Crippen LogP contribution >= 0.6 is 11.6 Å². The summed E-state index contributed by atoms with van der Waals surface area (Å²) in [6.45, 7) is -0.127. The van der Waals surface area contributed by atoms with Gasteiger partial charge in [-0.05, 0) is 29.8 Å². The van der Waals surface area contributed by atoms with Crippen molar-refractivity contribution in [3.8, 4) is 0 Å². The number of hydrogen-bond acceptors (Lipinski definition) is 2. The molecule has 0 atom stereocenters. The maximum Gasteiger partial charge on any atom is 0.137 e. The average molecular weight is 291 g/mol. The van der Waals surface area contributed by atoms with E-state index in [1.165, 1.54) is 12.1 Å². The third kappa shape index (κ3) is 2.40. The number of hydrogen-bond donors (Lipinski definition) is 1. The number of aromatic nitrogens is 2. The lowest BCUT2D eigenvalue weighted by molar-refractivity contribution is 0.274. The molecule has 20 heavy (non-hydrogen) atoms. The topological polar surface area (TPSA) is 37.5 Å². The van der Waals surface area contributed by atoms with Crippen LogP contribution in [0.5, 0.6) is 0 Å². The van der Waals surface area contributed by atoms with Crippen LogP contribution < -0.4 is 0 Å². The Labute approximate surface area is 120 Å². The average Bonchev–Trinajstić information content (AvgIpc) is 2.78. The van der Waals surface area contributed by atoms with Gasteiger partial charge in [-0.15, -0.1) is 0 Å². The zero-order valence-electron chi connectivity index (χ0n) is 10.6. The minimum Gasteiger partial charge on any atom is -0.390 e. The molecule has 102 valence electrons. The number of imidazole rings is 1. The fourth-order valence-electron chi connectivity index (χ4n) is 2.22. The first-order valence-electron chi connectivity index (χ1n) is 6.18. The largest absolute Gasteiger partial charge is 0.390 e. The van der Waals surface area contributed by atoms with Crippen molar-refractivity contribution in [2.45, 2.75) is 13.0 Å². The molecule has 2 heterocycles. The van der Waals surface area contributed by atoms with Crippen molar-refractivity contribution in [2.75, 3.05) is 0 Å². The predicted molar refractivity (Wildman–Crippen MR) is 75.3 cm³/mol. The van der Waals surface area contributed by atoms with Crippen LogP contribution in [0.1, 0.15) is 17.0 Å². The molecule has 0 aliphatic rings. The molecule has 0 radical (unpaired) electrons. The number of pyridine rings is 1. The Bertz CT molecular complexity index is 752. The lowest BCUT2D eigenvalue weighted by Gasteiger charge is -2.02. The molecule has 0 saturated heterocycles. The zero-order chi connectivity index (χ0) is 14.1. The van der Waals surface area contributed by atoms with Crippen LogP contribution in [-0.4, -0.2) is 14.5 Å². The molecule has 1 N–H and O–H groups in total. The molecule has 0 amide bonds. The van der Waals surface area contributed by atoms with E-state index in [-0.39, 0.29) is 12.4 Å². The van der Waals surface area contributed by atoms with Gasteiger partial charge in [-0.2, -0.15) is 0 Å². The van der Waals surface area contributed by atoms with E-state index in [0.29, 0.717) is 17.1 Å². The van der Waals surface area contributed by atoms with E-state index in [0.717, 1.165) is 16.9 Å². The van der Waals surface area contributed by atoms with E-state index < -0.39 is 0 Å². The van der Waals surface area contributed by atoms with Gasteiger partial charge in [0, 0.05) is 12.6 Å². The first-order chi connectivity index (χ1) is 9.67. The van der Waals surface area contributed by atoms with Crippen LogP contribution in [0.15, 0.2) is 42.6 Å². The van der Waals surface area contributed by atoms with Gasteiger partial charge < -0.3 is 5.11 Å². The number of rotatable bonds is 3. The molecule has 2 aromatic heterocycles. The van der Waals surface area contributed by atoms with Gasteiger partial charge in [0.15, 0.2) is 0 Å². The van der Waals surface area contributed by atoms with Crippen LogP contribution in [0, 0.1) is 5.82 Å². The van der Waals surface area contributed by atoms with Crippen molar-refractivity contribution in [3.63, 3.8) is 0 Å². The van der Waals surface area contributed by atoms with Crippen molar-refractivity contribution in [1.29, 1.82) is 0 Å². The molecular weight excluding hydrogens is 279 g/mol. The third-order valence-electron chi connectivity index (χ3n) is 3.20. The molecule has 0 aliphatic heterocycles. The second-order valence-electron chi connectivity index (χ2n) is 4.54. The number of aliphatic hydroxyl groups excluding tert-OH is 1. The molecule has 0 aliphatic carbocycles. The Hall–Kier alpha value is -1.91. The number of halogens is 2. The Balaban J connectivity index is 2.04. The molecule has 1 aromatic carbocycles. The minimum absolute atomic E-state index is 0.127. The lowest BCUT2D eigenvalue weighted by atomic mass is 10.1. The maximum absolute atomic E-state index is 12.9. The Morgan fingerprint density at radius 2 is 1.90 bits per heavy atom. The summed E-state index contributed by atoms with van der Waals surface area (Å²) < 4.78 is 14.7. The first kappa shape index (κ1) is 13.1. The van der Waals surface area contributed by atoms with Gasteiger partial charge in [0.05, 0.1) is 23.0 Å². The van der Waals surface area contributed by atoms with E-state index in [9.17, 15) is 9.50 Å². The summed E-state index contributed by atoms with van der Waals surface area (Å²) in [6.07, 6.45) is 2.26. The van der Waals surface area contributed by atoms with Crippen molar-refractivity contribution in [3.05, 3.63) is 70.4 Å². The number of nitrogens with zero attached hydrogens (tertiary/aromatic N) is 2. The molecule has 5 heteroatoms. The normalized spacial score (nSPS) is 11.2. The molecule has 3 nitrogen and oxygen atoms in total. The summed E-state index contributed by atoms with van der Waals surface area (Å²) in [7, 11) is 0. The summed E-state index contributed by atoms with van der Waals surface area (Å²) in [5, 5.41) is 10.1. The van der Waals surface area contributed by atoms with Crippen LogP contribution in [0.4, 0.5) is 4.39 Å². The standard InChI is InChI=1S/C15H12ClFN2O/c16-11-3-6-15-18-13(14(9-20)19(15)8-11)7-10-1-4-12(17)5-2-10/h1-6,8,20H,7,9H2. The van der Waals surface area contributed by atoms with Crippen molar-refractivity contribution in [1.82, 2.24) is 9.38 Å². The van der Waals surface area contributed by atoms with E-state index in [1.807, 2.05) is 0 Å². The highest BCUT2D eigenvalue weighted by atomic mass is 35.5. The summed E-state index contributed by atoms with van der Waals surface area (Å²) in [5.74, 6) is -0.266. The van der Waals surface area contributed by atoms with Crippen LogP contribution in [-0.2, 0) is 13.0 Å². The molecule has 0 unspecified atom stereocenters. The highest BCUT2D eigenvalue weighted by Gasteiger charge is 2.12. The van der Waals surface area contributed by atoms with Gasteiger partial charge in [-0.3, -0.25) is 4.40 Å². The minimum atomic E-state index is -0.266. The third-order valence-corrected chi connectivity index (χ3v) is 3.42.